The average molecular weight is 265 g/mol. The summed E-state index contributed by atoms with van der Waals surface area (Å²) in [6.45, 7) is 6.37. The molecule has 1 aromatic rings. The summed E-state index contributed by atoms with van der Waals surface area (Å²) in [5.41, 5.74) is 8.34. The number of rotatable bonds is 5. The predicted octanol–water partition coefficient (Wildman–Crippen LogP) is 1.88. The number of hydrogen-bond acceptors (Lipinski definition) is 4. The lowest BCUT2D eigenvalue weighted by atomic mass is 9.68. The molecule has 1 fully saturated rings. The van der Waals surface area contributed by atoms with Gasteiger partial charge in [-0.25, -0.2) is 0 Å². The number of hydrogen-bond donors (Lipinski definition) is 1. The molecule has 4 nitrogen and oxygen atoms in total. The number of benzene rings is 1. The van der Waals surface area contributed by atoms with Crippen molar-refractivity contribution >= 4 is 0 Å². The zero-order valence-corrected chi connectivity index (χ0v) is 12.2. The van der Waals surface area contributed by atoms with Crippen molar-refractivity contribution in [1.29, 1.82) is 0 Å². The molecule has 1 aliphatic heterocycles. The highest BCUT2D eigenvalue weighted by atomic mass is 16.5. The minimum atomic E-state index is 0.0123. The molecule has 1 aromatic carbocycles. The van der Waals surface area contributed by atoms with Gasteiger partial charge >= 0.3 is 0 Å². The molecule has 1 saturated heterocycles. The van der Waals surface area contributed by atoms with E-state index in [0.29, 0.717) is 12.5 Å². The Morgan fingerprint density at radius 1 is 1.26 bits per heavy atom. The Kier molecular flexibility index (Phi) is 4.02. The maximum absolute atomic E-state index is 5.87. The highest BCUT2D eigenvalue weighted by molar-refractivity contribution is 5.50. The third-order valence-electron chi connectivity index (χ3n) is 4.28. The van der Waals surface area contributed by atoms with Gasteiger partial charge in [0.15, 0.2) is 11.5 Å². The summed E-state index contributed by atoms with van der Waals surface area (Å²) in [4.78, 5) is 0. The quantitative estimate of drug-likeness (QED) is 0.883. The second kappa shape index (κ2) is 5.39. The molecule has 106 valence electrons. The van der Waals surface area contributed by atoms with Crippen LogP contribution in [0.5, 0.6) is 11.5 Å². The number of methoxy groups -OCH3 is 2. The smallest absolute Gasteiger partial charge is 0.161 e. The monoisotopic (exact) mass is 265 g/mol. The second-order valence-electron chi connectivity index (χ2n) is 5.31. The van der Waals surface area contributed by atoms with Crippen molar-refractivity contribution in [3.8, 4) is 11.5 Å². The van der Waals surface area contributed by atoms with Crippen LogP contribution in [0.1, 0.15) is 18.1 Å². The standard InChI is InChI=1S/C15H23NO3/c1-10-5-13(17-3)14(18-4)6-12(10)15(8-19-9-15)11(2)7-16/h5-6,11H,7-9,16H2,1-4H3. The maximum Gasteiger partial charge on any atom is 0.161 e. The van der Waals surface area contributed by atoms with Gasteiger partial charge in [0.05, 0.1) is 27.4 Å². The lowest BCUT2D eigenvalue weighted by Crippen LogP contribution is -2.53. The van der Waals surface area contributed by atoms with Crippen LogP contribution in [0.4, 0.5) is 0 Å². The first-order valence-electron chi connectivity index (χ1n) is 6.60. The van der Waals surface area contributed by atoms with Crippen LogP contribution in [-0.2, 0) is 10.2 Å². The third kappa shape index (κ3) is 2.19. The molecular weight excluding hydrogens is 242 g/mol. The van der Waals surface area contributed by atoms with Crippen LogP contribution in [0.2, 0.25) is 0 Å². The lowest BCUT2D eigenvalue weighted by Gasteiger charge is -2.47. The molecule has 0 saturated carbocycles. The summed E-state index contributed by atoms with van der Waals surface area (Å²) in [6, 6.07) is 4.10. The molecule has 4 heteroatoms. The highest BCUT2D eigenvalue weighted by Gasteiger charge is 2.45. The minimum absolute atomic E-state index is 0.0123. The van der Waals surface area contributed by atoms with Crippen LogP contribution in [0, 0.1) is 12.8 Å². The van der Waals surface area contributed by atoms with Gasteiger partial charge in [0.2, 0.25) is 0 Å². The van der Waals surface area contributed by atoms with E-state index >= 15 is 0 Å². The van der Waals surface area contributed by atoms with Crippen LogP contribution in [0.15, 0.2) is 12.1 Å². The molecule has 0 amide bonds. The van der Waals surface area contributed by atoms with Crippen molar-refractivity contribution in [3.63, 3.8) is 0 Å². The van der Waals surface area contributed by atoms with Gasteiger partial charge in [-0.3, -0.25) is 0 Å². The first-order chi connectivity index (χ1) is 9.08. The molecule has 0 aromatic heterocycles. The van der Waals surface area contributed by atoms with Gasteiger partial charge in [-0.1, -0.05) is 6.92 Å². The number of ether oxygens (including phenoxy) is 3. The van der Waals surface area contributed by atoms with Gasteiger partial charge in [0.25, 0.3) is 0 Å². The van der Waals surface area contributed by atoms with Crippen LogP contribution < -0.4 is 15.2 Å². The molecule has 1 unspecified atom stereocenters. The van der Waals surface area contributed by atoms with E-state index in [1.807, 2.05) is 6.07 Å². The highest BCUT2D eigenvalue weighted by Crippen LogP contribution is 2.44. The van der Waals surface area contributed by atoms with E-state index in [2.05, 4.69) is 19.9 Å². The van der Waals surface area contributed by atoms with Crippen molar-refractivity contribution in [3.05, 3.63) is 23.3 Å². The van der Waals surface area contributed by atoms with Crippen molar-refractivity contribution < 1.29 is 14.2 Å². The molecule has 0 bridgehead atoms. The molecule has 0 radical (unpaired) electrons. The molecule has 2 rings (SSSR count). The Labute approximate surface area is 114 Å². The summed E-state index contributed by atoms with van der Waals surface area (Å²) >= 11 is 0. The summed E-state index contributed by atoms with van der Waals surface area (Å²) in [5, 5.41) is 0. The second-order valence-corrected chi connectivity index (χ2v) is 5.31. The normalized spacial score (nSPS) is 18.6. The predicted molar refractivity (Wildman–Crippen MR) is 75.0 cm³/mol. The first-order valence-corrected chi connectivity index (χ1v) is 6.60. The molecule has 19 heavy (non-hydrogen) atoms. The van der Waals surface area contributed by atoms with Gasteiger partial charge < -0.3 is 19.9 Å². The lowest BCUT2D eigenvalue weighted by molar-refractivity contribution is -0.0857. The maximum atomic E-state index is 5.87. The van der Waals surface area contributed by atoms with Gasteiger partial charge in [0, 0.05) is 5.41 Å². The average Bonchev–Trinajstić information content (AvgIpc) is 2.38. The van der Waals surface area contributed by atoms with Gasteiger partial charge in [-0.15, -0.1) is 0 Å². The molecule has 1 atom stereocenters. The summed E-state index contributed by atoms with van der Waals surface area (Å²) in [6.07, 6.45) is 0. The summed E-state index contributed by atoms with van der Waals surface area (Å²) in [7, 11) is 3.31. The van der Waals surface area contributed by atoms with Crippen molar-refractivity contribution in [1.82, 2.24) is 0 Å². The summed E-state index contributed by atoms with van der Waals surface area (Å²) < 4.78 is 16.2. The largest absolute Gasteiger partial charge is 0.493 e. The van der Waals surface area contributed by atoms with E-state index in [1.165, 1.54) is 11.1 Å². The molecular formula is C15H23NO3. The SMILES string of the molecule is COc1cc(C)c(C2(C(C)CN)COC2)cc1OC. The van der Waals surface area contributed by atoms with E-state index in [4.69, 9.17) is 19.9 Å². The number of nitrogens with two attached hydrogens (primary N) is 1. The van der Waals surface area contributed by atoms with E-state index in [0.717, 1.165) is 24.7 Å². The number of aryl methyl sites for hydroxylation is 1. The third-order valence-corrected chi connectivity index (χ3v) is 4.28. The molecule has 0 aliphatic carbocycles. The Bertz CT molecular complexity index is 455. The fraction of sp³-hybridized carbons (Fsp3) is 0.600. The van der Waals surface area contributed by atoms with E-state index in [1.54, 1.807) is 14.2 Å². The fourth-order valence-electron chi connectivity index (χ4n) is 2.77. The van der Waals surface area contributed by atoms with E-state index in [9.17, 15) is 0 Å². The topological polar surface area (TPSA) is 53.7 Å². The van der Waals surface area contributed by atoms with Crippen LogP contribution >= 0.6 is 0 Å². The molecule has 0 spiro atoms. The van der Waals surface area contributed by atoms with Gasteiger partial charge in [0.1, 0.15) is 0 Å². The fourth-order valence-corrected chi connectivity index (χ4v) is 2.77. The summed E-state index contributed by atoms with van der Waals surface area (Å²) in [5.74, 6) is 1.90. The first kappa shape index (κ1) is 14.2. The Balaban J connectivity index is 2.49. The van der Waals surface area contributed by atoms with Crippen LogP contribution in [0.25, 0.3) is 0 Å². The minimum Gasteiger partial charge on any atom is -0.493 e. The Hall–Kier alpha value is -1.26. The Morgan fingerprint density at radius 3 is 2.26 bits per heavy atom. The molecule has 1 aliphatic rings. The van der Waals surface area contributed by atoms with Gasteiger partial charge in [-0.2, -0.15) is 0 Å². The molecule has 2 N–H and O–H groups in total. The van der Waals surface area contributed by atoms with E-state index in [-0.39, 0.29) is 5.41 Å². The Morgan fingerprint density at radius 2 is 1.84 bits per heavy atom. The van der Waals surface area contributed by atoms with Crippen LogP contribution in [0.3, 0.4) is 0 Å². The van der Waals surface area contributed by atoms with Crippen molar-refractivity contribution in [2.75, 3.05) is 34.0 Å². The van der Waals surface area contributed by atoms with Crippen LogP contribution in [-0.4, -0.2) is 34.0 Å². The zero-order chi connectivity index (χ0) is 14.0. The van der Waals surface area contributed by atoms with Crippen molar-refractivity contribution in [2.45, 2.75) is 19.3 Å². The van der Waals surface area contributed by atoms with Gasteiger partial charge in [-0.05, 0) is 42.6 Å². The molecule has 1 heterocycles. The zero-order valence-electron chi connectivity index (χ0n) is 12.2. The van der Waals surface area contributed by atoms with E-state index < -0.39 is 0 Å². The van der Waals surface area contributed by atoms with Crippen molar-refractivity contribution in [2.24, 2.45) is 11.7 Å².